The molecule has 1 aromatic rings. The third-order valence-corrected chi connectivity index (χ3v) is 4.94. The molecule has 2 fully saturated rings. The molecule has 21 heavy (non-hydrogen) atoms. The summed E-state index contributed by atoms with van der Waals surface area (Å²) in [5, 5.41) is 3.68. The Balaban J connectivity index is 1.69. The molecule has 2 aliphatic rings. The van der Waals surface area contributed by atoms with Gasteiger partial charge in [-0.15, -0.1) is 0 Å². The van der Waals surface area contributed by atoms with Crippen molar-refractivity contribution in [2.75, 3.05) is 36.0 Å². The van der Waals surface area contributed by atoms with Gasteiger partial charge in [0.2, 0.25) is 0 Å². The van der Waals surface area contributed by atoms with Crippen LogP contribution in [0.4, 0.5) is 11.4 Å². The number of anilines is 2. The van der Waals surface area contributed by atoms with Crippen LogP contribution in [0.3, 0.4) is 0 Å². The molecule has 2 saturated heterocycles. The second-order valence-electron chi connectivity index (χ2n) is 6.61. The molecule has 0 amide bonds. The van der Waals surface area contributed by atoms with E-state index in [0.717, 1.165) is 13.1 Å². The lowest BCUT2D eigenvalue weighted by molar-refractivity contribution is 0.386. The third-order valence-electron chi connectivity index (χ3n) is 4.94. The maximum absolute atomic E-state index is 3.68. The molecule has 1 aromatic carbocycles. The van der Waals surface area contributed by atoms with Crippen molar-refractivity contribution < 1.29 is 0 Å². The SMILES string of the molecule is CCCC1CN(c2ccc(N3CCCC3)cc2)C(C)CN1. The van der Waals surface area contributed by atoms with Crippen molar-refractivity contribution in [1.29, 1.82) is 0 Å². The topological polar surface area (TPSA) is 18.5 Å². The first-order valence-corrected chi connectivity index (χ1v) is 8.63. The Labute approximate surface area is 129 Å². The predicted molar refractivity (Wildman–Crippen MR) is 91.4 cm³/mol. The van der Waals surface area contributed by atoms with Crippen molar-refractivity contribution in [2.45, 2.75) is 51.6 Å². The highest BCUT2D eigenvalue weighted by Gasteiger charge is 2.24. The summed E-state index contributed by atoms with van der Waals surface area (Å²) >= 11 is 0. The molecule has 0 aliphatic carbocycles. The zero-order valence-electron chi connectivity index (χ0n) is 13.5. The highest BCUT2D eigenvalue weighted by atomic mass is 15.2. The Kier molecular flexibility index (Phi) is 4.69. The number of hydrogen-bond donors (Lipinski definition) is 1. The van der Waals surface area contributed by atoms with Gasteiger partial charge < -0.3 is 15.1 Å². The van der Waals surface area contributed by atoms with Gasteiger partial charge in [-0.25, -0.2) is 0 Å². The fraction of sp³-hybridized carbons (Fsp3) is 0.667. The Morgan fingerprint density at radius 2 is 1.76 bits per heavy atom. The standard InChI is InChI=1S/C18H29N3/c1-3-6-16-14-21(15(2)13-19-16)18-9-7-17(8-10-18)20-11-4-5-12-20/h7-10,15-16,19H,3-6,11-14H2,1-2H3. The Morgan fingerprint density at radius 3 is 2.43 bits per heavy atom. The molecule has 116 valence electrons. The van der Waals surface area contributed by atoms with Gasteiger partial charge in [-0.3, -0.25) is 0 Å². The van der Waals surface area contributed by atoms with Crippen LogP contribution in [-0.2, 0) is 0 Å². The molecule has 0 saturated carbocycles. The summed E-state index contributed by atoms with van der Waals surface area (Å²) in [5.41, 5.74) is 2.78. The zero-order valence-corrected chi connectivity index (χ0v) is 13.5. The smallest absolute Gasteiger partial charge is 0.0387 e. The Morgan fingerprint density at radius 1 is 1.10 bits per heavy atom. The molecule has 1 N–H and O–H groups in total. The minimum atomic E-state index is 0.579. The summed E-state index contributed by atoms with van der Waals surface area (Å²) in [7, 11) is 0. The summed E-state index contributed by atoms with van der Waals surface area (Å²) in [4.78, 5) is 5.08. The largest absolute Gasteiger partial charge is 0.372 e. The van der Waals surface area contributed by atoms with Gasteiger partial charge in [0, 0.05) is 49.6 Å². The lowest BCUT2D eigenvalue weighted by Gasteiger charge is -2.40. The number of piperazine rings is 1. The van der Waals surface area contributed by atoms with E-state index in [1.807, 2.05) is 0 Å². The second kappa shape index (κ2) is 6.69. The first kappa shape index (κ1) is 14.7. The van der Waals surface area contributed by atoms with Crippen molar-refractivity contribution in [2.24, 2.45) is 0 Å². The first-order valence-electron chi connectivity index (χ1n) is 8.63. The first-order chi connectivity index (χ1) is 10.3. The summed E-state index contributed by atoms with van der Waals surface area (Å²) in [6.45, 7) is 9.28. The maximum atomic E-state index is 3.68. The number of rotatable bonds is 4. The summed E-state index contributed by atoms with van der Waals surface area (Å²) in [6.07, 6.45) is 5.22. The molecule has 0 spiro atoms. The van der Waals surface area contributed by atoms with Crippen molar-refractivity contribution in [3.63, 3.8) is 0 Å². The predicted octanol–water partition coefficient (Wildman–Crippen LogP) is 3.25. The van der Waals surface area contributed by atoms with Crippen LogP contribution in [0.15, 0.2) is 24.3 Å². The van der Waals surface area contributed by atoms with Crippen LogP contribution in [0.25, 0.3) is 0 Å². The summed E-state index contributed by atoms with van der Waals surface area (Å²) in [6, 6.07) is 10.5. The highest BCUT2D eigenvalue weighted by molar-refractivity contribution is 5.57. The molecule has 0 radical (unpaired) electrons. The molecular weight excluding hydrogens is 258 g/mol. The molecule has 2 unspecified atom stereocenters. The van der Waals surface area contributed by atoms with Gasteiger partial charge in [-0.05, 0) is 50.5 Å². The Bertz CT molecular complexity index is 436. The van der Waals surface area contributed by atoms with Crippen LogP contribution in [0.2, 0.25) is 0 Å². The van der Waals surface area contributed by atoms with Gasteiger partial charge in [-0.2, -0.15) is 0 Å². The van der Waals surface area contributed by atoms with Gasteiger partial charge in [-0.1, -0.05) is 13.3 Å². The van der Waals surface area contributed by atoms with Crippen molar-refractivity contribution >= 4 is 11.4 Å². The highest BCUT2D eigenvalue weighted by Crippen LogP contribution is 2.26. The minimum absolute atomic E-state index is 0.579. The van der Waals surface area contributed by atoms with E-state index in [1.54, 1.807) is 0 Å². The van der Waals surface area contributed by atoms with Crippen molar-refractivity contribution in [3.05, 3.63) is 24.3 Å². The van der Waals surface area contributed by atoms with E-state index in [4.69, 9.17) is 0 Å². The zero-order chi connectivity index (χ0) is 14.7. The number of hydrogen-bond acceptors (Lipinski definition) is 3. The summed E-state index contributed by atoms with van der Waals surface area (Å²) in [5.74, 6) is 0. The van der Waals surface area contributed by atoms with Crippen molar-refractivity contribution in [3.8, 4) is 0 Å². The molecule has 2 aliphatic heterocycles. The van der Waals surface area contributed by atoms with Gasteiger partial charge in [0.1, 0.15) is 0 Å². The molecule has 3 heteroatoms. The quantitative estimate of drug-likeness (QED) is 0.917. The van der Waals surface area contributed by atoms with Gasteiger partial charge in [0.25, 0.3) is 0 Å². The average Bonchev–Trinajstić information content (AvgIpc) is 3.04. The molecule has 0 bridgehead atoms. The minimum Gasteiger partial charge on any atom is -0.372 e. The average molecular weight is 287 g/mol. The van der Waals surface area contributed by atoms with Crippen LogP contribution in [0.5, 0.6) is 0 Å². The van der Waals surface area contributed by atoms with Crippen LogP contribution in [0, 0.1) is 0 Å². The number of benzene rings is 1. The lowest BCUT2D eigenvalue weighted by Crippen LogP contribution is -2.55. The molecule has 3 rings (SSSR count). The van der Waals surface area contributed by atoms with Gasteiger partial charge in [0.05, 0.1) is 0 Å². The van der Waals surface area contributed by atoms with E-state index in [1.165, 1.54) is 50.1 Å². The normalized spacial score (nSPS) is 26.4. The fourth-order valence-electron chi connectivity index (χ4n) is 3.66. The lowest BCUT2D eigenvalue weighted by atomic mass is 10.0. The summed E-state index contributed by atoms with van der Waals surface area (Å²) < 4.78 is 0. The van der Waals surface area contributed by atoms with Crippen molar-refractivity contribution in [1.82, 2.24) is 5.32 Å². The number of nitrogens with one attached hydrogen (secondary N) is 1. The molecule has 0 aromatic heterocycles. The van der Waals surface area contributed by atoms with E-state index in [-0.39, 0.29) is 0 Å². The number of nitrogens with zero attached hydrogens (tertiary/aromatic N) is 2. The van der Waals surface area contributed by atoms with Gasteiger partial charge in [0.15, 0.2) is 0 Å². The molecule has 2 heterocycles. The van der Waals surface area contributed by atoms with Crippen LogP contribution < -0.4 is 15.1 Å². The van der Waals surface area contributed by atoms with E-state index in [2.05, 4.69) is 53.2 Å². The van der Waals surface area contributed by atoms with E-state index in [0.29, 0.717) is 12.1 Å². The van der Waals surface area contributed by atoms with E-state index < -0.39 is 0 Å². The molecule has 3 nitrogen and oxygen atoms in total. The van der Waals surface area contributed by atoms with Gasteiger partial charge >= 0.3 is 0 Å². The fourth-order valence-corrected chi connectivity index (χ4v) is 3.66. The van der Waals surface area contributed by atoms with Crippen LogP contribution in [0.1, 0.15) is 39.5 Å². The third kappa shape index (κ3) is 3.34. The second-order valence-corrected chi connectivity index (χ2v) is 6.61. The van der Waals surface area contributed by atoms with Crippen LogP contribution in [-0.4, -0.2) is 38.3 Å². The molecule has 2 atom stereocenters. The monoisotopic (exact) mass is 287 g/mol. The molecular formula is C18H29N3. The Hall–Kier alpha value is -1.22. The van der Waals surface area contributed by atoms with E-state index >= 15 is 0 Å². The maximum Gasteiger partial charge on any atom is 0.0387 e. The van der Waals surface area contributed by atoms with E-state index in [9.17, 15) is 0 Å². The van der Waals surface area contributed by atoms with Crippen LogP contribution >= 0.6 is 0 Å².